The summed E-state index contributed by atoms with van der Waals surface area (Å²) < 4.78 is 26.4. The Labute approximate surface area is 82.9 Å². The maximum atomic E-state index is 11.2. The predicted molar refractivity (Wildman–Crippen MR) is 49.7 cm³/mol. The zero-order valence-corrected chi connectivity index (χ0v) is 8.71. The third-order valence-corrected chi connectivity index (χ3v) is 2.96. The van der Waals surface area contributed by atoms with Gasteiger partial charge >= 0.3 is 0 Å². The Morgan fingerprint density at radius 2 is 1.57 bits per heavy atom. The highest BCUT2D eigenvalue weighted by atomic mass is 32.2. The van der Waals surface area contributed by atoms with Gasteiger partial charge in [-0.1, -0.05) is 6.92 Å². The van der Waals surface area contributed by atoms with E-state index in [4.69, 9.17) is 15.3 Å². The van der Waals surface area contributed by atoms with Crippen molar-refractivity contribution in [3.63, 3.8) is 0 Å². The molecule has 8 heteroatoms. The van der Waals surface area contributed by atoms with Crippen molar-refractivity contribution in [2.45, 2.75) is 12.5 Å². The van der Waals surface area contributed by atoms with Gasteiger partial charge in [0.2, 0.25) is 0 Å². The molecule has 0 fully saturated rings. The first kappa shape index (κ1) is 13.8. The standard InChI is InChI=1S/C6H16N2O5S/c1-2-7-14(12,13)8-6(3-9,4-10)5-11/h7-11H,2-5H2,1H3. The fourth-order valence-electron chi connectivity index (χ4n) is 0.758. The molecule has 0 amide bonds. The highest BCUT2D eigenvalue weighted by Crippen LogP contribution is 2.02. The van der Waals surface area contributed by atoms with E-state index in [1.165, 1.54) is 0 Å². The van der Waals surface area contributed by atoms with Crippen LogP contribution < -0.4 is 9.44 Å². The Hall–Kier alpha value is -0.250. The molecule has 5 N–H and O–H groups in total. The second-order valence-corrected chi connectivity index (χ2v) is 4.36. The Morgan fingerprint density at radius 3 is 1.86 bits per heavy atom. The summed E-state index contributed by atoms with van der Waals surface area (Å²) in [5, 5.41) is 26.5. The van der Waals surface area contributed by atoms with Gasteiger partial charge in [0.25, 0.3) is 10.2 Å². The molecule has 0 bridgehead atoms. The number of hydrogen-bond donors (Lipinski definition) is 5. The highest BCUT2D eigenvalue weighted by molar-refractivity contribution is 7.87. The molecule has 0 saturated carbocycles. The Morgan fingerprint density at radius 1 is 1.14 bits per heavy atom. The average Bonchev–Trinajstić information content (AvgIpc) is 2.14. The summed E-state index contributed by atoms with van der Waals surface area (Å²) in [5.41, 5.74) is -1.62. The number of aliphatic hydroxyl groups excluding tert-OH is 3. The molecule has 86 valence electrons. The van der Waals surface area contributed by atoms with Gasteiger partial charge in [0.1, 0.15) is 5.54 Å². The van der Waals surface area contributed by atoms with Gasteiger partial charge in [0, 0.05) is 6.54 Å². The van der Waals surface area contributed by atoms with Crippen LogP contribution in [0.2, 0.25) is 0 Å². The lowest BCUT2D eigenvalue weighted by molar-refractivity contribution is 0.0579. The van der Waals surface area contributed by atoms with Crippen LogP contribution >= 0.6 is 0 Å². The van der Waals surface area contributed by atoms with E-state index in [1.807, 2.05) is 4.72 Å². The third-order valence-electron chi connectivity index (χ3n) is 1.59. The van der Waals surface area contributed by atoms with Gasteiger partial charge in [-0.25, -0.2) is 4.72 Å². The Kier molecular flexibility index (Phi) is 5.49. The molecule has 0 heterocycles. The lowest BCUT2D eigenvalue weighted by atomic mass is 10.1. The van der Waals surface area contributed by atoms with E-state index in [0.717, 1.165) is 0 Å². The topological polar surface area (TPSA) is 119 Å². The fraction of sp³-hybridized carbons (Fsp3) is 1.00. The minimum atomic E-state index is -3.81. The molecule has 0 aromatic heterocycles. The molecule has 0 radical (unpaired) electrons. The van der Waals surface area contributed by atoms with Crippen molar-refractivity contribution in [3.8, 4) is 0 Å². The van der Waals surface area contributed by atoms with E-state index in [1.54, 1.807) is 6.92 Å². The van der Waals surface area contributed by atoms with Gasteiger partial charge in [0.15, 0.2) is 0 Å². The molecule has 0 aliphatic heterocycles. The summed E-state index contributed by atoms with van der Waals surface area (Å²) in [4.78, 5) is 0. The van der Waals surface area contributed by atoms with Crippen LogP contribution in [0.1, 0.15) is 6.92 Å². The quantitative estimate of drug-likeness (QED) is 0.321. The molecule has 0 aromatic carbocycles. The van der Waals surface area contributed by atoms with E-state index >= 15 is 0 Å². The second-order valence-electron chi connectivity index (χ2n) is 2.86. The molecule has 0 aliphatic carbocycles. The largest absolute Gasteiger partial charge is 0.394 e. The highest BCUT2D eigenvalue weighted by Gasteiger charge is 2.32. The van der Waals surface area contributed by atoms with Gasteiger partial charge < -0.3 is 15.3 Å². The normalized spacial score (nSPS) is 13.1. The summed E-state index contributed by atoms with van der Waals surface area (Å²) in [6, 6.07) is 0. The molecule has 0 spiro atoms. The van der Waals surface area contributed by atoms with E-state index in [0.29, 0.717) is 0 Å². The monoisotopic (exact) mass is 228 g/mol. The average molecular weight is 228 g/mol. The maximum Gasteiger partial charge on any atom is 0.277 e. The molecule has 0 saturated heterocycles. The predicted octanol–water partition coefficient (Wildman–Crippen LogP) is -2.85. The molecule has 0 aliphatic rings. The molecular formula is C6H16N2O5S. The number of nitrogens with one attached hydrogen (secondary N) is 2. The summed E-state index contributed by atoms with van der Waals surface area (Å²) in [6.45, 7) is -0.314. The van der Waals surface area contributed by atoms with Gasteiger partial charge in [-0.05, 0) is 0 Å². The zero-order chi connectivity index (χ0) is 11.2. The van der Waals surface area contributed by atoms with Crippen LogP contribution in [0.3, 0.4) is 0 Å². The van der Waals surface area contributed by atoms with Crippen molar-refractivity contribution in [2.24, 2.45) is 0 Å². The molecular weight excluding hydrogens is 212 g/mol. The van der Waals surface area contributed by atoms with Crippen molar-refractivity contribution >= 4 is 10.2 Å². The van der Waals surface area contributed by atoms with Crippen LogP contribution in [-0.2, 0) is 10.2 Å². The van der Waals surface area contributed by atoms with E-state index in [-0.39, 0.29) is 6.54 Å². The number of hydrogen-bond acceptors (Lipinski definition) is 5. The van der Waals surface area contributed by atoms with Crippen LogP contribution in [0.4, 0.5) is 0 Å². The van der Waals surface area contributed by atoms with Crippen molar-refractivity contribution < 1.29 is 23.7 Å². The van der Waals surface area contributed by atoms with E-state index in [9.17, 15) is 8.42 Å². The first-order valence-corrected chi connectivity index (χ1v) is 5.54. The molecule has 0 atom stereocenters. The third kappa shape index (κ3) is 3.86. The minimum absolute atomic E-state index is 0.174. The van der Waals surface area contributed by atoms with Gasteiger partial charge in [-0.3, -0.25) is 0 Å². The number of rotatable bonds is 7. The van der Waals surface area contributed by atoms with Crippen molar-refractivity contribution in [2.75, 3.05) is 26.4 Å². The molecule has 0 unspecified atom stereocenters. The van der Waals surface area contributed by atoms with Crippen LogP contribution in [0.25, 0.3) is 0 Å². The van der Waals surface area contributed by atoms with E-state index < -0.39 is 35.6 Å². The summed E-state index contributed by atoms with van der Waals surface area (Å²) >= 11 is 0. The Bertz CT molecular complexity index is 241. The van der Waals surface area contributed by atoms with Crippen LogP contribution in [0.15, 0.2) is 0 Å². The summed E-state index contributed by atoms with van der Waals surface area (Å²) in [6.07, 6.45) is 0. The maximum absolute atomic E-state index is 11.2. The molecule has 0 rings (SSSR count). The number of aliphatic hydroxyl groups is 3. The van der Waals surface area contributed by atoms with Crippen molar-refractivity contribution in [1.29, 1.82) is 0 Å². The smallest absolute Gasteiger partial charge is 0.277 e. The van der Waals surface area contributed by atoms with Gasteiger partial charge in [-0.2, -0.15) is 13.1 Å². The summed E-state index contributed by atoms with van der Waals surface area (Å²) in [7, 11) is -3.81. The van der Waals surface area contributed by atoms with Crippen LogP contribution in [-0.4, -0.2) is 55.6 Å². The molecule has 14 heavy (non-hydrogen) atoms. The molecule has 7 nitrogen and oxygen atoms in total. The molecule has 0 aromatic rings. The summed E-state index contributed by atoms with van der Waals surface area (Å²) in [5.74, 6) is 0. The van der Waals surface area contributed by atoms with Crippen molar-refractivity contribution in [1.82, 2.24) is 9.44 Å². The fourth-order valence-corrected chi connectivity index (χ4v) is 1.97. The second kappa shape index (κ2) is 5.59. The first-order valence-electron chi connectivity index (χ1n) is 4.06. The zero-order valence-electron chi connectivity index (χ0n) is 7.89. The lowest BCUT2D eigenvalue weighted by Crippen LogP contribution is -2.59. The first-order chi connectivity index (χ1) is 6.45. The lowest BCUT2D eigenvalue weighted by Gasteiger charge is -2.27. The SMILES string of the molecule is CCNS(=O)(=O)NC(CO)(CO)CO. The van der Waals surface area contributed by atoms with Crippen molar-refractivity contribution in [3.05, 3.63) is 0 Å². The van der Waals surface area contributed by atoms with Crippen LogP contribution in [0, 0.1) is 0 Å². The Balaban J connectivity index is 4.59. The minimum Gasteiger partial charge on any atom is -0.394 e. The van der Waals surface area contributed by atoms with E-state index in [2.05, 4.69) is 4.72 Å². The van der Waals surface area contributed by atoms with Gasteiger partial charge in [0.05, 0.1) is 19.8 Å². The van der Waals surface area contributed by atoms with Crippen LogP contribution in [0.5, 0.6) is 0 Å². The van der Waals surface area contributed by atoms with Gasteiger partial charge in [-0.15, -0.1) is 0 Å².